The summed E-state index contributed by atoms with van der Waals surface area (Å²) >= 11 is 5.12. The fraction of sp³-hybridized carbons (Fsp3) is 0.0556. The number of aryl methyl sites for hydroxylation is 1. The van der Waals surface area contributed by atoms with Crippen LogP contribution in [0.4, 0.5) is 0 Å². The number of benzene rings is 3. The molecule has 0 aliphatic rings. The Morgan fingerprint density at radius 3 is 2.52 bits per heavy atom. The van der Waals surface area contributed by atoms with Gasteiger partial charge >= 0.3 is 0 Å². The molecule has 0 spiro atoms. The lowest BCUT2D eigenvalue weighted by atomic mass is 10.1. The first-order valence-corrected chi connectivity index (χ1v) is 8.29. The maximum absolute atomic E-state index is 12.8. The third-order valence-corrected chi connectivity index (χ3v) is 5.37. The molecule has 0 fully saturated rings. The second kappa shape index (κ2) is 4.65. The molecule has 102 valence electrons. The third-order valence-electron chi connectivity index (χ3n) is 3.74. The number of rotatable bonds is 0. The van der Waals surface area contributed by atoms with Gasteiger partial charge in [0.2, 0.25) is 0 Å². The Kier molecular flexibility index (Phi) is 2.88. The van der Waals surface area contributed by atoms with E-state index in [4.69, 9.17) is 0 Å². The SMILES string of the molecule is Cc1ccc2cc3sc4ccc(Br)cc4c(=O)c3cc2c1. The molecule has 1 nitrogen and oxygen atoms in total. The Balaban J connectivity index is 2.23. The highest BCUT2D eigenvalue weighted by atomic mass is 79.9. The quantitative estimate of drug-likeness (QED) is 0.373. The first kappa shape index (κ1) is 13.0. The number of hydrogen-bond acceptors (Lipinski definition) is 2. The van der Waals surface area contributed by atoms with Crippen molar-refractivity contribution in [3.8, 4) is 0 Å². The molecule has 4 aromatic rings. The van der Waals surface area contributed by atoms with Gasteiger partial charge in [0.15, 0.2) is 5.43 Å². The van der Waals surface area contributed by atoms with Crippen LogP contribution < -0.4 is 5.43 Å². The number of halogens is 1. The van der Waals surface area contributed by atoms with Crippen LogP contribution in [0.5, 0.6) is 0 Å². The van der Waals surface area contributed by atoms with Gasteiger partial charge in [-0.3, -0.25) is 4.79 Å². The van der Waals surface area contributed by atoms with Crippen molar-refractivity contribution in [1.29, 1.82) is 0 Å². The van der Waals surface area contributed by atoms with Crippen LogP contribution in [0, 0.1) is 6.92 Å². The van der Waals surface area contributed by atoms with Crippen molar-refractivity contribution >= 4 is 58.2 Å². The fourth-order valence-electron chi connectivity index (χ4n) is 2.69. The van der Waals surface area contributed by atoms with Gasteiger partial charge in [-0.15, -0.1) is 11.3 Å². The normalized spacial score (nSPS) is 11.5. The van der Waals surface area contributed by atoms with Crippen molar-refractivity contribution in [2.75, 3.05) is 0 Å². The predicted molar refractivity (Wildman–Crippen MR) is 95.5 cm³/mol. The summed E-state index contributed by atoms with van der Waals surface area (Å²) in [6.07, 6.45) is 0. The van der Waals surface area contributed by atoms with Crippen LogP contribution in [0.1, 0.15) is 5.56 Å². The zero-order valence-electron chi connectivity index (χ0n) is 11.3. The summed E-state index contributed by atoms with van der Waals surface area (Å²) in [6.45, 7) is 2.07. The first-order valence-electron chi connectivity index (χ1n) is 6.68. The monoisotopic (exact) mass is 354 g/mol. The molecule has 1 aromatic heterocycles. The lowest BCUT2D eigenvalue weighted by Gasteiger charge is -2.05. The van der Waals surface area contributed by atoms with Crippen LogP contribution in [0.2, 0.25) is 0 Å². The lowest BCUT2D eigenvalue weighted by molar-refractivity contribution is 1.51. The molecule has 0 unspecified atom stereocenters. The van der Waals surface area contributed by atoms with Crippen LogP contribution in [0.25, 0.3) is 30.9 Å². The minimum absolute atomic E-state index is 0.114. The molecule has 0 saturated carbocycles. The summed E-state index contributed by atoms with van der Waals surface area (Å²) in [7, 11) is 0. The van der Waals surface area contributed by atoms with Gasteiger partial charge in [-0.05, 0) is 48.0 Å². The third kappa shape index (κ3) is 2.08. The van der Waals surface area contributed by atoms with E-state index in [-0.39, 0.29) is 5.43 Å². The maximum atomic E-state index is 12.8. The van der Waals surface area contributed by atoms with Crippen LogP contribution in [0.3, 0.4) is 0 Å². The van der Waals surface area contributed by atoms with Gasteiger partial charge in [0.1, 0.15) is 0 Å². The summed E-state index contributed by atoms with van der Waals surface area (Å²) < 4.78 is 3.02. The molecular weight excluding hydrogens is 344 g/mol. The first-order chi connectivity index (χ1) is 10.1. The second-order valence-electron chi connectivity index (χ2n) is 5.27. The largest absolute Gasteiger partial charge is 0.289 e. The molecule has 0 atom stereocenters. The van der Waals surface area contributed by atoms with E-state index >= 15 is 0 Å². The predicted octanol–water partition coefficient (Wildman–Crippen LogP) is 5.64. The molecule has 0 radical (unpaired) electrons. The molecule has 0 bridgehead atoms. The van der Waals surface area contributed by atoms with Crippen LogP contribution in [0.15, 0.2) is 57.8 Å². The van der Waals surface area contributed by atoms with Crippen molar-refractivity contribution < 1.29 is 0 Å². The standard InChI is InChI=1S/C18H11BrOS/c1-10-2-3-11-8-17-14(7-12(11)6-10)18(20)15-9-13(19)4-5-16(15)21-17/h2-9H,1H3. The van der Waals surface area contributed by atoms with Crippen molar-refractivity contribution in [2.45, 2.75) is 6.92 Å². The molecule has 0 aliphatic carbocycles. The summed E-state index contributed by atoms with van der Waals surface area (Å²) in [4.78, 5) is 12.8. The summed E-state index contributed by atoms with van der Waals surface area (Å²) in [6, 6.07) is 16.4. The molecule has 0 saturated heterocycles. The van der Waals surface area contributed by atoms with Gasteiger partial charge < -0.3 is 0 Å². The Labute approximate surface area is 134 Å². The van der Waals surface area contributed by atoms with Crippen molar-refractivity contribution in [1.82, 2.24) is 0 Å². The Morgan fingerprint density at radius 1 is 0.857 bits per heavy atom. The minimum atomic E-state index is 0.114. The van der Waals surface area contributed by atoms with Gasteiger partial charge in [0.05, 0.1) is 0 Å². The molecular formula is C18H11BrOS. The van der Waals surface area contributed by atoms with E-state index in [1.54, 1.807) is 11.3 Å². The number of hydrogen-bond donors (Lipinski definition) is 0. The molecule has 1 heterocycles. The highest BCUT2D eigenvalue weighted by Gasteiger charge is 2.08. The summed E-state index contributed by atoms with van der Waals surface area (Å²) in [5, 5.41) is 3.90. The molecule has 21 heavy (non-hydrogen) atoms. The van der Waals surface area contributed by atoms with Gasteiger partial charge in [-0.25, -0.2) is 0 Å². The highest BCUT2D eigenvalue weighted by molar-refractivity contribution is 9.10. The van der Waals surface area contributed by atoms with E-state index < -0.39 is 0 Å². The molecule has 3 aromatic carbocycles. The van der Waals surface area contributed by atoms with E-state index in [2.05, 4.69) is 47.1 Å². The molecule has 3 heteroatoms. The van der Waals surface area contributed by atoms with Crippen LogP contribution in [-0.2, 0) is 0 Å². The van der Waals surface area contributed by atoms with Crippen molar-refractivity contribution in [3.05, 3.63) is 68.8 Å². The van der Waals surface area contributed by atoms with Gasteiger partial charge in [0, 0.05) is 24.6 Å². The van der Waals surface area contributed by atoms with E-state index in [0.29, 0.717) is 0 Å². The van der Waals surface area contributed by atoms with Crippen molar-refractivity contribution in [3.63, 3.8) is 0 Å². The number of fused-ring (bicyclic) bond motifs is 3. The Morgan fingerprint density at radius 2 is 1.67 bits per heavy atom. The average molecular weight is 355 g/mol. The molecule has 0 amide bonds. The zero-order chi connectivity index (χ0) is 14.6. The lowest BCUT2D eigenvalue weighted by Crippen LogP contribution is -2.00. The van der Waals surface area contributed by atoms with Gasteiger partial charge in [-0.1, -0.05) is 39.7 Å². The topological polar surface area (TPSA) is 17.1 Å². The van der Waals surface area contributed by atoms with E-state index in [1.165, 1.54) is 10.9 Å². The van der Waals surface area contributed by atoms with Gasteiger partial charge in [0.25, 0.3) is 0 Å². The minimum Gasteiger partial charge on any atom is -0.289 e. The highest BCUT2D eigenvalue weighted by Crippen LogP contribution is 2.30. The smallest absolute Gasteiger partial charge is 0.195 e. The maximum Gasteiger partial charge on any atom is 0.195 e. The van der Waals surface area contributed by atoms with Crippen LogP contribution in [-0.4, -0.2) is 0 Å². The molecule has 4 rings (SSSR count). The van der Waals surface area contributed by atoms with Gasteiger partial charge in [-0.2, -0.15) is 0 Å². The van der Waals surface area contributed by atoms with Crippen molar-refractivity contribution in [2.24, 2.45) is 0 Å². The Bertz CT molecular complexity index is 1070. The van der Waals surface area contributed by atoms with Crippen LogP contribution >= 0.6 is 27.3 Å². The second-order valence-corrected chi connectivity index (χ2v) is 7.27. The Hall–Kier alpha value is -1.71. The molecule has 0 N–H and O–H groups in total. The fourth-order valence-corrected chi connectivity index (χ4v) is 4.13. The summed E-state index contributed by atoms with van der Waals surface area (Å²) in [5.74, 6) is 0. The molecule has 0 aliphatic heterocycles. The van der Waals surface area contributed by atoms with E-state index in [0.717, 1.165) is 30.0 Å². The average Bonchev–Trinajstić information content (AvgIpc) is 2.47. The van der Waals surface area contributed by atoms with E-state index in [1.807, 2.05) is 24.3 Å². The zero-order valence-corrected chi connectivity index (χ0v) is 13.7. The van der Waals surface area contributed by atoms with E-state index in [9.17, 15) is 4.79 Å². The summed E-state index contributed by atoms with van der Waals surface area (Å²) in [5.41, 5.74) is 1.32.